The molecule has 0 bridgehead atoms. The first-order valence-corrected chi connectivity index (χ1v) is 7.34. The zero-order valence-electron chi connectivity index (χ0n) is 10.6. The Bertz CT molecular complexity index is 754. The highest BCUT2D eigenvalue weighted by Crippen LogP contribution is 2.42. The molecule has 2 aromatic heterocycles. The van der Waals surface area contributed by atoms with Crippen LogP contribution in [0.5, 0.6) is 0 Å². The molecule has 0 atom stereocenters. The molecule has 1 saturated carbocycles. The van der Waals surface area contributed by atoms with Crippen LogP contribution in [0.15, 0.2) is 30.3 Å². The van der Waals surface area contributed by atoms with Gasteiger partial charge in [0.25, 0.3) is 5.91 Å². The lowest BCUT2D eigenvalue weighted by atomic mass is 10.2. The molecule has 1 fully saturated rings. The lowest BCUT2D eigenvalue weighted by Gasteiger charge is -1.97. The van der Waals surface area contributed by atoms with Gasteiger partial charge >= 0.3 is 0 Å². The number of nitrogens with one attached hydrogen (secondary N) is 2. The van der Waals surface area contributed by atoms with E-state index in [1.807, 2.05) is 30.3 Å². The zero-order chi connectivity index (χ0) is 13.5. The maximum Gasteiger partial charge on any atom is 0.273 e. The average Bonchev–Trinajstić information content (AvgIpc) is 3.04. The first-order valence-electron chi connectivity index (χ1n) is 6.52. The van der Waals surface area contributed by atoms with E-state index in [4.69, 9.17) is 0 Å². The quantitative estimate of drug-likeness (QED) is 0.776. The van der Waals surface area contributed by atoms with Crippen molar-refractivity contribution in [2.75, 3.05) is 5.32 Å². The number of aromatic nitrogens is 3. The van der Waals surface area contributed by atoms with Gasteiger partial charge in [0.15, 0.2) is 0 Å². The van der Waals surface area contributed by atoms with Crippen molar-refractivity contribution in [3.63, 3.8) is 0 Å². The van der Waals surface area contributed by atoms with Gasteiger partial charge in [-0.15, -0.1) is 10.2 Å². The summed E-state index contributed by atoms with van der Waals surface area (Å²) in [6.45, 7) is 0. The number of amides is 1. The Morgan fingerprint density at radius 3 is 2.95 bits per heavy atom. The average molecular weight is 284 g/mol. The fourth-order valence-corrected chi connectivity index (χ4v) is 3.05. The molecule has 1 amide bonds. The van der Waals surface area contributed by atoms with E-state index in [1.165, 1.54) is 24.2 Å². The number of benzene rings is 1. The van der Waals surface area contributed by atoms with E-state index in [0.717, 1.165) is 15.9 Å². The molecule has 5 nitrogen and oxygen atoms in total. The van der Waals surface area contributed by atoms with Gasteiger partial charge in [-0.3, -0.25) is 10.1 Å². The molecular weight excluding hydrogens is 272 g/mol. The predicted octanol–water partition coefficient (Wildman–Crippen LogP) is 3.15. The van der Waals surface area contributed by atoms with Crippen LogP contribution in [0, 0.1) is 0 Å². The summed E-state index contributed by atoms with van der Waals surface area (Å²) in [5.41, 5.74) is 1.49. The number of aromatic amines is 1. The molecule has 0 spiro atoms. The van der Waals surface area contributed by atoms with Crippen LogP contribution in [0.4, 0.5) is 5.13 Å². The monoisotopic (exact) mass is 284 g/mol. The Labute approximate surface area is 119 Å². The normalized spacial score (nSPS) is 14.6. The summed E-state index contributed by atoms with van der Waals surface area (Å²) >= 11 is 1.47. The number of nitrogens with zero attached hydrogens (tertiary/aromatic N) is 2. The van der Waals surface area contributed by atoms with E-state index in [2.05, 4.69) is 20.5 Å². The minimum atomic E-state index is -0.181. The minimum Gasteiger partial charge on any atom is -0.351 e. The fourth-order valence-electron chi connectivity index (χ4n) is 2.14. The van der Waals surface area contributed by atoms with Crippen LogP contribution < -0.4 is 5.32 Å². The number of hydrogen-bond acceptors (Lipinski definition) is 4. The summed E-state index contributed by atoms with van der Waals surface area (Å²) in [6.07, 6.45) is 2.37. The molecule has 100 valence electrons. The second-order valence-electron chi connectivity index (χ2n) is 4.94. The molecule has 1 aromatic carbocycles. The number of anilines is 1. The van der Waals surface area contributed by atoms with Crippen LogP contribution >= 0.6 is 11.3 Å². The summed E-state index contributed by atoms with van der Waals surface area (Å²) in [6, 6.07) is 9.65. The van der Waals surface area contributed by atoms with Crippen molar-refractivity contribution < 1.29 is 4.79 Å². The van der Waals surface area contributed by atoms with Gasteiger partial charge in [0.05, 0.1) is 0 Å². The second-order valence-corrected chi connectivity index (χ2v) is 5.95. The summed E-state index contributed by atoms with van der Waals surface area (Å²) < 4.78 is 0. The number of carbonyl (C=O) groups is 1. The van der Waals surface area contributed by atoms with E-state index in [9.17, 15) is 4.79 Å². The number of para-hydroxylation sites is 1. The minimum absolute atomic E-state index is 0.181. The van der Waals surface area contributed by atoms with Crippen molar-refractivity contribution in [2.24, 2.45) is 0 Å². The number of rotatable bonds is 3. The van der Waals surface area contributed by atoms with Crippen molar-refractivity contribution in [1.29, 1.82) is 0 Å². The largest absolute Gasteiger partial charge is 0.351 e. The van der Waals surface area contributed by atoms with Crippen molar-refractivity contribution in [3.8, 4) is 0 Å². The number of hydrogen-bond donors (Lipinski definition) is 2. The van der Waals surface area contributed by atoms with Crippen LogP contribution in [-0.4, -0.2) is 21.1 Å². The maximum absolute atomic E-state index is 12.2. The predicted molar refractivity (Wildman–Crippen MR) is 78.1 cm³/mol. The molecule has 1 aliphatic rings. The van der Waals surface area contributed by atoms with Gasteiger partial charge in [0.2, 0.25) is 5.13 Å². The van der Waals surface area contributed by atoms with Crippen LogP contribution in [0.3, 0.4) is 0 Å². The van der Waals surface area contributed by atoms with Crippen LogP contribution in [0.25, 0.3) is 10.9 Å². The number of fused-ring (bicyclic) bond motifs is 1. The van der Waals surface area contributed by atoms with E-state index in [0.29, 0.717) is 16.7 Å². The van der Waals surface area contributed by atoms with Crippen LogP contribution in [0.2, 0.25) is 0 Å². The highest BCUT2D eigenvalue weighted by Gasteiger charge is 2.27. The lowest BCUT2D eigenvalue weighted by Crippen LogP contribution is -2.11. The van der Waals surface area contributed by atoms with Crippen molar-refractivity contribution in [1.82, 2.24) is 15.2 Å². The summed E-state index contributed by atoms with van der Waals surface area (Å²) in [7, 11) is 0. The Balaban J connectivity index is 1.56. The molecule has 6 heteroatoms. The molecule has 20 heavy (non-hydrogen) atoms. The number of carbonyl (C=O) groups excluding carboxylic acids is 1. The molecule has 1 aliphatic carbocycles. The molecule has 0 saturated heterocycles. The third-order valence-corrected chi connectivity index (χ3v) is 4.36. The standard InChI is InChI=1S/C14H12N4OS/c19-12(11-7-9-3-1-2-4-10(9)15-11)16-14-18-17-13(20-14)8-5-6-8/h1-4,7-8,15H,5-6H2,(H,16,18,19). The molecule has 0 aliphatic heterocycles. The molecule has 4 rings (SSSR count). The van der Waals surface area contributed by atoms with Crippen molar-refractivity contribution in [2.45, 2.75) is 18.8 Å². The summed E-state index contributed by atoms with van der Waals surface area (Å²) in [5.74, 6) is 0.380. The SMILES string of the molecule is O=C(Nc1nnc(C2CC2)s1)c1cc2ccccc2[nH]1. The molecule has 0 unspecified atom stereocenters. The smallest absolute Gasteiger partial charge is 0.273 e. The Morgan fingerprint density at radius 1 is 1.30 bits per heavy atom. The Morgan fingerprint density at radius 2 is 2.15 bits per heavy atom. The Kier molecular flexibility index (Phi) is 2.56. The molecule has 0 radical (unpaired) electrons. The maximum atomic E-state index is 12.2. The zero-order valence-corrected chi connectivity index (χ0v) is 11.4. The third-order valence-electron chi connectivity index (χ3n) is 3.36. The second kappa shape index (κ2) is 4.42. The highest BCUT2D eigenvalue weighted by molar-refractivity contribution is 7.15. The molecule has 2 N–H and O–H groups in total. The first-order chi connectivity index (χ1) is 9.79. The van der Waals surface area contributed by atoms with Gasteiger partial charge in [-0.2, -0.15) is 0 Å². The fraction of sp³-hybridized carbons (Fsp3) is 0.214. The van der Waals surface area contributed by atoms with E-state index in [1.54, 1.807) is 0 Å². The van der Waals surface area contributed by atoms with Crippen molar-refractivity contribution >= 4 is 33.3 Å². The van der Waals surface area contributed by atoms with Gasteiger partial charge in [0, 0.05) is 16.8 Å². The van der Waals surface area contributed by atoms with Crippen LogP contribution in [-0.2, 0) is 0 Å². The number of H-pyrrole nitrogens is 1. The van der Waals surface area contributed by atoms with E-state index >= 15 is 0 Å². The molecule has 2 heterocycles. The van der Waals surface area contributed by atoms with E-state index < -0.39 is 0 Å². The van der Waals surface area contributed by atoms with Gasteiger partial charge in [-0.05, 0) is 25.0 Å². The molecule has 3 aromatic rings. The van der Waals surface area contributed by atoms with Gasteiger partial charge in [-0.25, -0.2) is 0 Å². The van der Waals surface area contributed by atoms with Gasteiger partial charge in [0.1, 0.15) is 10.7 Å². The van der Waals surface area contributed by atoms with E-state index in [-0.39, 0.29) is 5.91 Å². The topological polar surface area (TPSA) is 70.7 Å². The third kappa shape index (κ3) is 2.08. The van der Waals surface area contributed by atoms with Crippen molar-refractivity contribution in [3.05, 3.63) is 41.0 Å². The Hall–Kier alpha value is -2.21. The first kappa shape index (κ1) is 11.6. The highest BCUT2D eigenvalue weighted by atomic mass is 32.1. The van der Waals surface area contributed by atoms with Crippen LogP contribution in [0.1, 0.15) is 34.3 Å². The van der Waals surface area contributed by atoms with Gasteiger partial charge in [-0.1, -0.05) is 29.5 Å². The molecular formula is C14H12N4OS. The lowest BCUT2D eigenvalue weighted by molar-refractivity contribution is 0.102. The summed E-state index contributed by atoms with van der Waals surface area (Å²) in [4.78, 5) is 15.3. The summed E-state index contributed by atoms with van der Waals surface area (Å²) in [5, 5.41) is 13.5. The van der Waals surface area contributed by atoms with Gasteiger partial charge < -0.3 is 4.98 Å².